The summed E-state index contributed by atoms with van der Waals surface area (Å²) in [5, 5.41) is 21.0. The molecule has 2 N–H and O–H groups in total. The molecule has 0 aliphatic rings. The first kappa shape index (κ1) is 18.8. The molecule has 0 atom stereocenters. The molecular weight excluding hydrogens is 384 g/mol. The molecule has 0 bridgehead atoms. The number of ether oxygens (including phenoxy) is 1. The Labute approximate surface area is 180 Å². The number of fused-ring (bicyclic) bond motifs is 1. The molecule has 0 unspecified atom stereocenters. The van der Waals surface area contributed by atoms with Gasteiger partial charge in [-0.2, -0.15) is 0 Å². The Morgan fingerprint density at radius 2 is 0.806 bits per heavy atom. The van der Waals surface area contributed by atoms with Gasteiger partial charge in [-0.25, -0.2) is 0 Å². The average molecular weight is 404 g/mol. The lowest BCUT2D eigenvalue weighted by atomic mass is 10.0. The summed E-state index contributed by atoms with van der Waals surface area (Å²) >= 11 is 0. The van der Waals surface area contributed by atoms with Gasteiger partial charge >= 0.3 is 0 Å². The lowest BCUT2D eigenvalue weighted by Crippen LogP contribution is -1.85. The van der Waals surface area contributed by atoms with Gasteiger partial charge in [0.15, 0.2) is 0 Å². The number of aromatic hydroxyl groups is 2. The molecule has 0 saturated carbocycles. The number of phenols is 2. The van der Waals surface area contributed by atoms with E-state index in [0.29, 0.717) is 0 Å². The summed E-state index contributed by atoms with van der Waals surface area (Å²) in [5.41, 5.74) is 4.41. The molecule has 0 heterocycles. The van der Waals surface area contributed by atoms with Gasteiger partial charge in [0.25, 0.3) is 0 Å². The highest BCUT2D eigenvalue weighted by molar-refractivity contribution is 5.85. The van der Waals surface area contributed by atoms with E-state index < -0.39 is 0 Å². The van der Waals surface area contributed by atoms with Gasteiger partial charge in [-0.3, -0.25) is 0 Å². The fourth-order valence-corrected chi connectivity index (χ4v) is 3.64. The van der Waals surface area contributed by atoms with Crippen LogP contribution in [0.15, 0.2) is 109 Å². The Morgan fingerprint density at radius 1 is 0.387 bits per heavy atom. The van der Waals surface area contributed by atoms with E-state index in [2.05, 4.69) is 24.3 Å². The van der Waals surface area contributed by atoms with Gasteiger partial charge in [-0.05, 0) is 81.6 Å². The number of rotatable bonds is 4. The smallest absolute Gasteiger partial charge is 0.128 e. The maximum atomic E-state index is 9.60. The molecule has 3 heteroatoms. The molecule has 5 aromatic rings. The van der Waals surface area contributed by atoms with Crippen molar-refractivity contribution in [1.82, 2.24) is 0 Å². The molecule has 0 spiro atoms. The largest absolute Gasteiger partial charge is 0.508 e. The first-order valence-corrected chi connectivity index (χ1v) is 10.0. The molecule has 0 aliphatic heterocycles. The first-order chi connectivity index (χ1) is 15.1. The predicted molar refractivity (Wildman–Crippen MR) is 125 cm³/mol. The normalized spacial score (nSPS) is 10.8. The third-order valence-electron chi connectivity index (χ3n) is 5.30. The third kappa shape index (κ3) is 4.07. The lowest BCUT2D eigenvalue weighted by molar-refractivity contribution is 0.475. The zero-order valence-electron chi connectivity index (χ0n) is 16.7. The average Bonchev–Trinajstić information content (AvgIpc) is 2.80. The minimum atomic E-state index is 0.257. The van der Waals surface area contributed by atoms with Crippen molar-refractivity contribution in [1.29, 1.82) is 0 Å². The number of hydrogen-bond acceptors (Lipinski definition) is 3. The van der Waals surface area contributed by atoms with E-state index in [1.165, 1.54) is 0 Å². The third-order valence-corrected chi connectivity index (χ3v) is 5.30. The van der Waals surface area contributed by atoms with E-state index in [0.717, 1.165) is 44.5 Å². The predicted octanol–water partition coefficient (Wildman–Crippen LogP) is 7.38. The van der Waals surface area contributed by atoms with Gasteiger partial charge in [-0.15, -0.1) is 0 Å². The van der Waals surface area contributed by atoms with Crippen LogP contribution in [0, 0.1) is 0 Å². The zero-order valence-corrected chi connectivity index (χ0v) is 16.7. The second kappa shape index (κ2) is 7.88. The molecule has 3 nitrogen and oxygen atoms in total. The fraction of sp³-hybridized carbons (Fsp3) is 0. The highest BCUT2D eigenvalue weighted by Gasteiger charge is 2.04. The Morgan fingerprint density at radius 3 is 1.42 bits per heavy atom. The molecule has 5 rings (SSSR count). The van der Waals surface area contributed by atoms with Crippen molar-refractivity contribution in [2.45, 2.75) is 0 Å². The summed E-state index contributed by atoms with van der Waals surface area (Å²) in [4.78, 5) is 0. The van der Waals surface area contributed by atoms with Crippen molar-refractivity contribution in [2.24, 2.45) is 0 Å². The van der Waals surface area contributed by atoms with E-state index >= 15 is 0 Å². The minimum absolute atomic E-state index is 0.257. The van der Waals surface area contributed by atoms with Crippen molar-refractivity contribution in [3.05, 3.63) is 109 Å². The lowest BCUT2D eigenvalue weighted by Gasteiger charge is -2.09. The number of hydrogen-bond donors (Lipinski definition) is 2. The van der Waals surface area contributed by atoms with Gasteiger partial charge in [0.2, 0.25) is 0 Å². The van der Waals surface area contributed by atoms with Crippen LogP contribution in [0.1, 0.15) is 0 Å². The van der Waals surface area contributed by atoms with Gasteiger partial charge in [0.1, 0.15) is 23.0 Å². The van der Waals surface area contributed by atoms with Gasteiger partial charge in [0, 0.05) is 0 Å². The van der Waals surface area contributed by atoms with Crippen LogP contribution in [0.4, 0.5) is 0 Å². The standard InChI is InChI=1S/C28H20O3/c29-25-11-5-21(6-12-25)19-1-3-20(4-2-19)22-8-14-27(15-9-22)31-28-16-10-23-17-26(30)13-7-24(23)18-28/h1-18,29-30H. The summed E-state index contributed by atoms with van der Waals surface area (Å²) < 4.78 is 6.01. The van der Waals surface area contributed by atoms with Crippen LogP contribution in [0.2, 0.25) is 0 Å². The topological polar surface area (TPSA) is 49.7 Å². The van der Waals surface area contributed by atoms with Crippen molar-refractivity contribution < 1.29 is 14.9 Å². The van der Waals surface area contributed by atoms with Crippen LogP contribution in [0.25, 0.3) is 33.0 Å². The Balaban J connectivity index is 1.32. The monoisotopic (exact) mass is 404 g/mol. The van der Waals surface area contributed by atoms with E-state index in [4.69, 9.17) is 4.74 Å². The highest BCUT2D eigenvalue weighted by Crippen LogP contribution is 2.30. The number of benzene rings is 5. The summed E-state index contributed by atoms with van der Waals surface area (Å²) in [7, 11) is 0. The summed E-state index contributed by atoms with van der Waals surface area (Å²) in [6.45, 7) is 0. The second-order valence-electron chi connectivity index (χ2n) is 7.44. The van der Waals surface area contributed by atoms with E-state index in [-0.39, 0.29) is 11.5 Å². The van der Waals surface area contributed by atoms with E-state index in [9.17, 15) is 10.2 Å². The highest BCUT2D eigenvalue weighted by atomic mass is 16.5. The maximum absolute atomic E-state index is 9.60. The van der Waals surface area contributed by atoms with Crippen molar-refractivity contribution >= 4 is 10.8 Å². The van der Waals surface area contributed by atoms with Gasteiger partial charge < -0.3 is 14.9 Å². The van der Waals surface area contributed by atoms with Crippen molar-refractivity contribution in [3.8, 4) is 45.3 Å². The van der Waals surface area contributed by atoms with Crippen LogP contribution in [0.3, 0.4) is 0 Å². The van der Waals surface area contributed by atoms with Crippen LogP contribution in [-0.4, -0.2) is 10.2 Å². The SMILES string of the molecule is Oc1ccc(-c2ccc(-c3ccc(Oc4ccc5cc(O)ccc5c4)cc3)cc2)cc1. The molecule has 0 radical (unpaired) electrons. The molecule has 0 aliphatic carbocycles. The summed E-state index contributed by atoms with van der Waals surface area (Å²) in [5.74, 6) is 2.05. The molecule has 31 heavy (non-hydrogen) atoms. The van der Waals surface area contributed by atoms with Crippen molar-refractivity contribution in [3.63, 3.8) is 0 Å². The van der Waals surface area contributed by atoms with Gasteiger partial charge in [-0.1, -0.05) is 60.7 Å². The number of phenolic OH excluding ortho intramolecular Hbond substituents is 2. The summed E-state index contributed by atoms with van der Waals surface area (Å²) in [6.07, 6.45) is 0. The quantitative estimate of drug-likeness (QED) is 0.329. The molecule has 0 saturated heterocycles. The van der Waals surface area contributed by atoms with Crippen LogP contribution in [0.5, 0.6) is 23.0 Å². The fourth-order valence-electron chi connectivity index (χ4n) is 3.64. The molecular formula is C28H20O3. The minimum Gasteiger partial charge on any atom is -0.508 e. The maximum Gasteiger partial charge on any atom is 0.128 e. The molecule has 150 valence electrons. The van der Waals surface area contributed by atoms with Gasteiger partial charge in [0.05, 0.1) is 0 Å². The molecule has 0 fully saturated rings. The Bertz CT molecular complexity index is 1340. The molecule has 5 aromatic carbocycles. The van der Waals surface area contributed by atoms with Crippen LogP contribution < -0.4 is 4.74 Å². The Kier molecular flexibility index (Phi) is 4.77. The van der Waals surface area contributed by atoms with E-state index in [1.54, 1.807) is 24.3 Å². The van der Waals surface area contributed by atoms with Crippen LogP contribution >= 0.6 is 0 Å². The Hall–Kier alpha value is -4.24. The van der Waals surface area contributed by atoms with E-state index in [1.807, 2.05) is 60.7 Å². The first-order valence-electron chi connectivity index (χ1n) is 10.0. The molecule has 0 aromatic heterocycles. The van der Waals surface area contributed by atoms with Crippen molar-refractivity contribution in [2.75, 3.05) is 0 Å². The second-order valence-corrected chi connectivity index (χ2v) is 7.44. The van der Waals surface area contributed by atoms with Crippen LogP contribution in [-0.2, 0) is 0 Å². The zero-order chi connectivity index (χ0) is 21.2. The summed E-state index contributed by atoms with van der Waals surface area (Å²) in [6, 6.07) is 34.7. The molecule has 0 amide bonds.